The molecule has 3 N–H and O–H groups in total. The Kier molecular flexibility index (Phi) is 5.78. The van der Waals surface area contributed by atoms with E-state index < -0.39 is 5.82 Å². The second kappa shape index (κ2) is 8.64. The minimum atomic E-state index is -0.426. The van der Waals surface area contributed by atoms with Gasteiger partial charge in [0.15, 0.2) is 0 Å². The molecule has 9 heteroatoms. The monoisotopic (exact) mass is 442 g/mol. The van der Waals surface area contributed by atoms with Gasteiger partial charge in [-0.05, 0) is 29.8 Å². The van der Waals surface area contributed by atoms with Gasteiger partial charge in [-0.2, -0.15) is 5.10 Å². The lowest BCUT2D eigenvalue weighted by molar-refractivity contribution is -0.116. The van der Waals surface area contributed by atoms with Crippen molar-refractivity contribution < 1.29 is 14.0 Å². The summed E-state index contributed by atoms with van der Waals surface area (Å²) in [7, 11) is 0. The fourth-order valence-electron chi connectivity index (χ4n) is 2.96. The van der Waals surface area contributed by atoms with Gasteiger partial charge in [0.2, 0.25) is 11.8 Å². The first kappa shape index (κ1) is 20.1. The molecule has 152 valence electrons. The summed E-state index contributed by atoms with van der Waals surface area (Å²) in [5.74, 6) is -0.582. The Morgan fingerprint density at radius 2 is 1.77 bits per heavy atom. The fourth-order valence-corrected chi connectivity index (χ4v) is 4.13. The maximum atomic E-state index is 13.7. The van der Waals surface area contributed by atoms with Gasteiger partial charge in [0.1, 0.15) is 16.5 Å². The van der Waals surface area contributed by atoms with E-state index in [4.69, 9.17) is 11.6 Å². The molecule has 4 aromatic rings. The molecular formula is C21H16ClFN4O2S. The molecule has 0 aliphatic rings. The molecule has 0 fully saturated rings. The summed E-state index contributed by atoms with van der Waals surface area (Å²) < 4.78 is 13.7. The summed E-state index contributed by atoms with van der Waals surface area (Å²) in [6, 6.07) is 14.9. The number of hydrogen-bond donors (Lipinski definition) is 3. The molecule has 2 aromatic heterocycles. The predicted octanol–water partition coefficient (Wildman–Crippen LogP) is 4.78. The van der Waals surface area contributed by atoms with Crippen molar-refractivity contribution in [2.45, 2.75) is 12.8 Å². The summed E-state index contributed by atoms with van der Waals surface area (Å²) >= 11 is 7.41. The van der Waals surface area contributed by atoms with Crippen LogP contribution in [0.3, 0.4) is 0 Å². The van der Waals surface area contributed by atoms with Gasteiger partial charge in [-0.1, -0.05) is 41.9 Å². The van der Waals surface area contributed by atoms with Gasteiger partial charge < -0.3 is 10.6 Å². The third kappa shape index (κ3) is 4.50. The van der Waals surface area contributed by atoms with Crippen molar-refractivity contribution >= 4 is 56.5 Å². The van der Waals surface area contributed by atoms with Crippen LogP contribution in [-0.4, -0.2) is 22.0 Å². The van der Waals surface area contributed by atoms with Gasteiger partial charge in [-0.3, -0.25) is 14.7 Å². The number of halogens is 2. The number of carbonyl (C=O) groups excluding carboxylic acids is 2. The molecule has 0 aliphatic carbocycles. The summed E-state index contributed by atoms with van der Waals surface area (Å²) in [6.45, 7) is 0. The molecule has 30 heavy (non-hydrogen) atoms. The first-order chi connectivity index (χ1) is 14.5. The third-order valence-corrected chi connectivity index (χ3v) is 5.72. The normalized spacial score (nSPS) is 10.9. The van der Waals surface area contributed by atoms with Gasteiger partial charge in [0, 0.05) is 4.88 Å². The first-order valence-corrected chi connectivity index (χ1v) is 10.2. The van der Waals surface area contributed by atoms with Crippen molar-refractivity contribution in [2.75, 3.05) is 10.6 Å². The lowest BCUT2D eigenvalue weighted by atomic mass is 10.1. The predicted molar refractivity (Wildman–Crippen MR) is 116 cm³/mol. The maximum absolute atomic E-state index is 13.7. The van der Waals surface area contributed by atoms with Gasteiger partial charge in [-0.15, -0.1) is 11.3 Å². The number of H-pyrrole nitrogens is 1. The number of nitrogens with zero attached hydrogens (tertiary/aromatic N) is 1. The molecular weight excluding hydrogens is 427 g/mol. The van der Waals surface area contributed by atoms with E-state index in [9.17, 15) is 14.0 Å². The Bertz CT molecular complexity index is 1240. The number of aromatic nitrogens is 2. The van der Waals surface area contributed by atoms with Crippen LogP contribution < -0.4 is 10.6 Å². The minimum Gasteiger partial charge on any atom is -0.324 e. The number of carbonyl (C=O) groups is 2. The fraction of sp³-hybridized carbons (Fsp3) is 0.0952. The molecule has 4 rings (SSSR count). The Labute approximate surface area is 180 Å². The highest BCUT2D eigenvalue weighted by molar-refractivity contribution is 7.18. The van der Waals surface area contributed by atoms with E-state index in [0.29, 0.717) is 32.3 Å². The molecule has 6 nitrogen and oxygen atoms in total. The SMILES string of the molecule is O=C(Cc1cc2c(NC(=O)Cc3ccccc3F)[nH]nc2s1)Nc1ccccc1Cl. The van der Waals surface area contributed by atoms with Crippen molar-refractivity contribution in [3.05, 3.63) is 75.9 Å². The van der Waals surface area contributed by atoms with E-state index in [1.807, 2.05) is 0 Å². The molecule has 0 bridgehead atoms. The van der Waals surface area contributed by atoms with E-state index in [2.05, 4.69) is 20.8 Å². The average molecular weight is 443 g/mol. The van der Waals surface area contributed by atoms with Crippen LogP contribution in [0.25, 0.3) is 10.2 Å². The first-order valence-electron chi connectivity index (χ1n) is 9.04. The largest absolute Gasteiger partial charge is 0.324 e. The third-order valence-electron chi connectivity index (χ3n) is 4.36. The molecule has 0 spiro atoms. The van der Waals surface area contributed by atoms with Crippen molar-refractivity contribution in [1.82, 2.24) is 10.2 Å². The van der Waals surface area contributed by atoms with E-state index in [0.717, 1.165) is 4.88 Å². The van der Waals surface area contributed by atoms with Gasteiger partial charge in [-0.25, -0.2) is 4.39 Å². The molecule has 0 saturated heterocycles. The van der Waals surface area contributed by atoms with Crippen LogP contribution in [0.5, 0.6) is 0 Å². The van der Waals surface area contributed by atoms with Crippen LogP contribution in [0.2, 0.25) is 5.02 Å². The minimum absolute atomic E-state index is 0.0928. The second-order valence-electron chi connectivity index (χ2n) is 6.55. The Morgan fingerprint density at radius 1 is 1.03 bits per heavy atom. The Hall–Kier alpha value is -3.23. The quantitative estimate of drug-likeness (QED) is 0.401. The number of anilines is 2. The van der Waals surface area contributed by atoms with Crippen LogP contribution in [0.1, 0.15) is 10.4 Å². The molecule has 0 saturated carbocycles. The number of thiophene rings is 1. The lowest BCUT2D eigenvalue weighted by Gasteiger charge is -2.06. The molecule has 0 unspecified atom stereocenters. The zero-order chi connectivity index (χ0) is 21.1. The molecule has 2 amide bonds. The van der Waals surface area contributed by atoms with Crippen molar-refractivity contribution in [2.24, 2.45) is 0 Å². The zero-order valence-electron chi connectivity index (χ0n) is 15.5. The van der Waals surface area contributed by atoms with Crippen LogP contribution in [0.4, 0.5) is 15.9 Å². The number of aromatic amines is 1. The average Bonchev–Trinajstić information content (AvgIpc) is 3.26. The summed E-state index contributed by atoms with van der Waals surface area (Å²) in [4.78, 5) is 26.1. The van der Waals surface area contributed by atoms with E-state index >= 15 is 0 Å². The van der Waals surface area contributed by atoms with Crippen molar-refractivity contribution in [3.63, 3.8) is 0 Å². The summed E-state index contributed by atoms with van der Waals surface area (Å²) in [5, 5.41) is 13.6. The standard InChI is InChI=1S/C21H16ClFN4O2S/c22-15-6-2-4-8-17(15)24-19(29)11-13-10-14-20(26-27-21(14)30-13)25-18(28)9-12-5-1-3-7-16(12)23/h1-8,10H,9,11H2,(H,24,29)(H2,25,26,27,28). The van der Waals surface area contributed by atoms with Crippen LogP contribution in [0.15, 0.2) is 54.6 Å². The Balaban J connectivity index is 1.43. The Morgan fingerprint density at radius 3 is 2.57 bits per heavy atom. The van der Waals surface area contributed by atoms with Crippen molar-refractivity contribution in [3.8, 4) is 0 Å². The maximum Gasteiger partial charge on any atom is 0.230 e. The van der Waals surface area contributed by atoms with Crippen molar-refractivity contribution in [1.29, 1.82) is 0 Å². The summed E-state index contributed by atoms with van der Waals surface area (Å²) in [5.41, 5.74) is 0.861. The van der Waals surface area contributed by atoms with Gasteiger partial charge >= 0.3 is 0 Å². The highest BCUT2D eigenvalue weighted by Gasteiger charge is 2.16. The second-order valence-corrected chi connectivity index (χ2v) is 8.07. The number of fused-ring (bicyclic) bond motifs is 1. The number of hydrogen-bond acceptors (Lipinski definition) is 4. The topological polar surface area (TPSA) is 86.9 Å². The van der Waals surface area contributed by atoms with Gasteiger partial charge in [0.25, 0.3) is 0 Å². The van der Waals surface area contributed by atoms with Crippen LogP contribution >= 0.6 is 22.9 Å². The number of benzene rings is 2. The molecule has 0 radical (unpaired) electrons. The van der Waals surface area contributed by atoms with E-state index in [1.165, 1.54) is 17.4 Å². The smallest absolute Gasteiger partial charge is 0.230 e. The molecule has 0 atom stereocenters. The highest BCUT2D eigenvalue weighted by Crippen LogP contribution is 2.30. The molecule has 2 aromatic carbocycles. The van der Waals surface area contributed by atoms with Crippen LogP contribution in [-0.2, 0) is 22.4 Å². The number of amides is 2. The number of para-hydroxylation sites is 1. The molecule has 0 aliphatic heterocycles. The van der Waals surface area contributed by atoms with Crippen LogP contribution in [0, 0.1) is 5.82 Å². The van der Waals surface area contributed by atoms with Gasteiger partial charge in [0.05, 0.1) is 28.9 Å². The number of rotatable bonds is 6. The number of nitrogens with one attached hydrogen (secondary N) is 3. The highest BCUT2D eigenvalue weighted by atomic mass is 35.5. The lowest BCUT2D eigenvalue weighted by Crippen LogP contribution is -2.15. The van der Waals surface area contributed by atoms with E-state index in [1.54, 1.807) is 48.5 Å². The van der Waals surface area contributed by atoms with E-state index in [-0.39, 0.29) is 24.7 Å². The zero-order valence-corrected chi connectivity index (χ0v) is 17.1. The summed E-state index contributed by atoms with van der Waals surface area (Å²) in [6.07, 6.45) is 0.0548. The molecule has 2 heterocycles.